The van der Waals surface area contributed by atoms with E-state index in [9.17, 15) is 14.8 Å². The van der Waals surface area contributed by atoms with Gasteiger partial charge in [0.1, 0.15) is 6.04 Å². The third-order valence-electron chi connectivity index (χ3n) is 4.14. The molecule has 8 nitrogen and oxygen atoms in total. The van der Waals surface area contributed by atoms with E-state index in [1.54, 1.807) is 10.9 Å². The van der Waals surface area contributed by atoms with Crippen molar-refractivity contribution >= 4 is 11.9 Å². The van der Waals surface area contributed by atoms with E-state index in [2.05, 4.69) is 5.10 Å². The molecule has 3 heterocycles. The molecular weight excluding hydrogens is 286 g/mol. The van der Waals surface area contributed by atoms with Gasteiger partial charge in [-0.2, -0.15) is 10.2 Å². The van der Waals surface area contributed by atoms with Gasteiger partial charge in [-0.25, -0.2) is 9.48 Å². The lowest BCUT2D eigenvalue weighted by atomic mass is 9.97. The van der Waals surface area contributed by atoms with Crippen LogP contribution in [0.1, 0.15) is 23.3 Å². The molecule has 2 aliphatic rings. The Kier molecular flexibility index (Phi) is 2.52. The molecule has 112 valence electrons. The van der Waals surface area contributed by atoms with Crippen molar-refractivity contribution in [2.75, 3.05) is 6.54 Å². The summed E-state index contributed by atoms with van der Waals surface area (Å²) in [5, 5.41) is 14.9. The Balaban J connectivity index is 1.94. The minimum absolute atomic E-state index is 0.219. The number of carbonyl (C=O) groups is 2. The highest BCUT2D eigenvalue weighted by Gasteiger charge is 2.51. The first-order valence-electron chi connectivity index (χ1n) is 6.81. The fraction of sp³-hybridized carbons (Fsp3) is 0.214. The molecule has 3 N–H and O–H groups in total. The highest BCUT2D eigenvalue weighted by atomic mass is 16.5. The van der Waals surface area contributed by atoms with Crippen LogP contribution in [-0.2, 0) is 4.79 Å². The first-order valence-corrected chi connectivity index (χ1v) is 6.81. The third kappa shape index (κ3) is 1.52. The fourth-order valence-corrected chi connectivity index (χ4v) is 3.16. The van der Waals surface area contributed by atoms with Gasteiger partial charge in [0.05, 0.1) is 24.1 Å². The van der Waals surface area contributed by atoms with Gasteiger partial charge in [0.2, 0.25) is 5.91 Å². The molecule has 2 aromatic rings. The van der Waals surface area contributed by atoms with E-state index in [4.69, 9.17) is 5.73 Å². The minimum Gasteiger partial charge on any atom is -0.368 e. The second-order valence-corrected chi connectivity index (χ2v) is 5.33. The van der Waals surface area contributed by atoms with Crippen molar-refractivity contribution in [3.05, 3.63) is 47.8 Å². The second-order valence-electron chi connectivity index (χ2n) is 5.33. The van der Waals surface area contributed by atoms with Crippen LogP contribution in [-0.4, -0.2) is 43.4 Å². The Hall–Kier alpha value is -2.87. The predicted octanol–water partition coefficient (Wildman–Crippen LogP) is 0.580. The Morgan fingerprint density at radius 2 is 2.05 bits per heavy atom. The van der Waals surface area contributed by atoms with Crippen molar-refractivity contribution in [3.63, 3.8) is 0 Å². The number of nitrogens with zero attached hydrogens (tertiary/aromatic N) is 4. The number of urea groups is 1. The summed E-state index contributed by atoms with van der Waals surface area (Å²) in [6, 6.07) is 7.16. The van der Waals surface area contributed by atoms with Gasteiger partial charge in [0.25, 0.3) is 0 Å². The van der Waals surface area contributed by atoms with Gasteiger partial charge >= 0.3 is 6.03 Å². The van der Waals surface area contributed by atoms with Crippen LogP contribution in [0.25, 0.3) is 5.69 Å². The predicted molar refractivity (Wildman–Crippen MR) is 74.0 cm³/mol. The topological polar surface area (TPSA) is 105 Å². The molecule has 0 saturated carbocycles. The minimum atomic E-state index is -0.946. The molecule has 2 atom stereocenters. The van der Waals surface area contributed by atoms with Crippen LogP contribution in [0.15, 0.2) is 36.5 Å². The average molecular weight is 299 g/mol. The molecule has 1 aromatic carbocycles. The molecule has 4 rings (SSSR count). The Bertz CT molecular complexity index is 772. The number of hydrogen-bond acceptors (Lipinski definition) is 4. The normalized spacial score (nSPS) is 22.9. The molecule has 8 heteroatoms. The molecule has 1 aromatic heterocycles. The van der Waals surface area contributed by atoms with E-state index in [1.807, 2.05) is 30.3 Å². The lowest BCUT2D eigenvalue weighted by Crippen LogP contribution is -2.42. The molecule has 2 bridgehead atoms. The maximum atomic E-state index is 12.1. The van der Waals surface area contributed by atoms with Gasteiger partial charge in [-0.15, -0.1) is 0 Å². The number of benzene rings is 1. The van der Waals surface area contributed by atoms with Crippen LogP contribution in [0, 0.1) is 0 Å². The summed E-state index contributed by atoms with van der Waals surface area (Å²) in [5.74, 6) is -0.652. The molecule has 0 radical (unpaired) electrons. The van der Waals surface area contributed by atoms with Gasteiger partial charge < -0.3 is 10.6 Å². The molecule has 22 heavy (non-hydrogen) atoms. The van der Waals surface area contributed by atoms with Crippen molar-refractivity contribution in [1.29, 1.82) is 0 Å². The third-order valence-corrected chi connectivity index (χ3v) is 4.14. The molecule has 2 aliphatic heterocycles. The SMILES string of the molecule is NC(=O)C1c2c(cnn2-c2ccccc2)C2CN1C(=O)N2O. The first kappa shape index (κ1) is 12.8. The van der Waals surface area contributed by atoms with Gasteiger partial charge in [-0.1, -0.05) is 18.2 Å². The summed E-state index contributed by atoms with van der Waals surface area (Å²) in [7, 11) is 0. The number of carbonyl (C=O) groups excluding carboxylic acids is 2. The molecule has 0 spiro atoms. The van der Waals surface area contributed by atoms with Crippen LogP contribution in [0.2, 0.25) is 0 Å². The Morgan fingerprint density at radius 3 is 2.73 bits per heavy atom. The van der Waals surface area contributed by atoms with Gasteiger partial charge in [0.15, 0.2) is 6.04 Å². The van der Waals surface area contributed by atoms with Crippen LogP contribution in [0.5, 0.6) is 0 Å². The number of hydrogen-bond donors (Lipinski definition) is 2. The first-order chi connectivity index (χ1) is 10.6. The molecule has 2 unspecified atom stereocenters. The van der Waals surface area contributed by atoms with E-state index in [1.165, 1.54) is 4.90 Å². The van der Waals surface area contributed by atoms with Crippen LogP contribution in [0.3, 0.4) is 0 Å². The maximum absolute atomic E-state index is 12.1. The van der Waals surface area contributed by atoms with E-state index in [0.29, 0.717) is 16.3 Å². The van der Waals surface area contributed by atoms with E-state index in [-0.39, 0.29) is 6.54 Å². The fourth-order valence-electron chi connectivity index (χ4n) is 3.16. The number of aromatic nitrogens is 2. The van der Waals surface area contributed by atoms with Crippen LogP contribution < -0.4 is 5.73 Å². The zero-order chi connectivity index (χ0) is 15.4. The number of fused-ring (bicyclic) bond motifs is 4. The maximum Gasteiger partial charge on any atom is 0.345 e. The van der Waals surface area contributed by atoms with Gasteiger partial charge in [0, 0.05) is 5.56 Å². The van der Waals surface area contributed by atoms with Crippen molar-refractivity contribution in [3.8, 4) is 5.69 Å². The summed E-state index contributed by atoms with van der Waals surface area (Å²) in [5.41, 5.74) is 7.43. The number of nitrogens with two attached hydrogens (primary N) is 1. The van der Waals surface area contributed by atoms with E-state index in [0.717, 1.165) is 5.69 Å². The molecule has 1 fully saturated rings. The van der Waals surface area contributed by atoms with Crippen LogP contribution in [0.4, 0.5) is 4.79 Å². The number of para-hydroxylation sites is 1. The zero-order valence-corrected chi connectivity index (χ0v) is 11.5. The summed E-state index contributed by atoms with van der Waals surface area (Å²) in [6.45, 7) is 0.219. The van der Waals surface area contributed by atoms with E-state index < -0.39 is 24.0 Å². The monoisotopic (exact) mass is 299 g/mol. The number of primary amides is 1. The van der Waals surface area contributed by atoms with Crippen LogP contribution >= 0.6 is 0 Å². The summed E-state index contributed by atoms with van der Waals surface area (Å²) in [6.07, 6.45) is 1.57. The smallest absolute Gasteiger partial charge is 0.345 e. The standard InChI is InChI=1S/C14H13N5O3/c15-13(20)12-11-9(10-7-17(12)14(21)19(10)22)6-16-18(11)8-4-2-1-3-5-8/h1-6,10,12,22H,7H2,(H2,15,20). The summed E-state index contributed by atoms with van der Waals surface area (Å²) < 4.78 is 1.59. The van der Waals surface area contributed by atoms with Gasteiger partial charge in [-0.3, -0.25) is 10.0 Å². The van der Waals surface area contributed by atoms with Gasteiger partial charge in [-0.05, 0) is 12.1 Å². The van der Waals surface area contributed by atoms with E-state index >= 15 is 0 Å². The zero-order valence-electron chi connectivity index (χ0n) is 11.5. The molecule has 3 amide bonds. The quantitative estimate of drug-likeness (QED) is 0.791. The number of rotatable bonds is 2. The average Bonchev–Trinajstić information content (AvgIpc) is 3.05. The Morgan fingerprint density at radius 1 is 1.32 bits per heavy atom. The van der Waals surface area contributed by atoms with Crippen molar-refractivity contribution in [2.24, 2.45) is 5.73 Å². The highest BCUT2D eigenvalue weighted by Crippen LogP contribution is 2.43. The number of hydroxylamine groups is 2. The lowest BCUT2D eigenvalue weighted by Gasteiger charge is -2.29. The Labute approximate surface area is 125 Å². The molecular formula is C14H13N5O3. The van der Waals surface area contributed by atoms with Crippen molar-refractivity contribution in [2.45, 2.75) is 12.1 Å². The summed E-state index contributed by atoms with van der Waals surface area (Å²) >= 11 is 0. The van der Waals surface area contributed by atoms with Crippen molar-refractivity contribution < 1.29 is 14.8 Å². The lowest BCUT2D eigenvalue weighted by molar-refractivity contribution is -0.122. The second kappa shape index (κ2) is 4.31. The molecule has 0 aliphatic carbocycles. The largest absolute Gasteiger partial charge is 0.368 e. The van der Waals surface area contributed by atoms with Crippen molar-refractivity contribution in [1.82, 2.24) is 19.7 Å². The number of amides is 3. The summed E-state index contributed by atoms with van der Waals surface area (Å²) in [4.78, 5) is 25.3. The molecule has 1 saturated heterocycles. The highest BCUT2D eigenvalue weighted by molar-refractivity contribution is 5.89.